The number of hydrogen-bond donors (Lipinski definition) is 1. The molecule has 0 aliphatic rings. The standard InChI is InChI=1S/C13H18N2OS/c1-2-3-9-16-10-8-14-13-15-11-6-4-5-7-12(11)17-13/h4-7H,2-3,8-10H2,1H3,(H,14,15). The molecule has 0 amide bonds. The quantitative estimate of drug-likeness (QED) is 0.763. The topological polar surface area (TPSA) is 34.1 Å². The Hall–Kier alpha value is -1.13. The van der Waals surface area contributed by atoms with Crippen LogP contribution < -0.4 is 5.32 Å². The second kappa shape index (κ2) is 6.57. The van der Waals surface area contributed by atoms with Gasteiger partial charge in [0.05, 0.1) is 16.8 Å². The number of hydrogen-bond acceptors (Lipinski definition) is 4. The predicted octanol–water partition coefficient (Wildman–Crippen LogP) is 3.52. The Morgan fingerprint density at radius 1 is 1.29 bits per heavy atom. The zero-order chi connectivity index (χ0) is 11.9. The fourth-order valence-electron chi connectivity index (χ4n) is 1.53. The summed E-state index contributed by atoms with van der Waals surface area (Å²) in [6.45, 7) is 4.60. The van der Waals surface area contributed by atoms with E-state index in [0.29, 0.717) is 0 Å². The first kappa shape index (κ1) is 12.3. The third-order valence-corrected chi connectivity index (χ3v) is 3.45. The molecule has 17 heavy (non-hydrogen) atoms. The number of fused-ring (bicyclic) bond motifs is 1. The maximum Gasteiger partial charge on any atom is 0.183 e. The molecular formula is C13H18N2OS. The molecule has 0 unspecified atom stereocenters. The molecule has 0 radical (unpaired) electrons. The molecule has 2 rings (SSSR count). The van der Waals surface area contributed by atoms with Gasteiger partial charge in [-0.2, -0.15) is 0 Å². The molecule has 3 nitrogen and oxygen atoms in total. The van der Waals surface area contributed by atoms with E-state index in [1.165, 1.54) is 11.1 Å². The summed E-state index contributed by atoms with van der Waals surface area (Å²) in [4.78, 5) is 4.50. The molecule has 1 heterocycles. The number of aromatic nitrogens is 1. The summed E-state index contributed by atoms with van der Waals surface area (Å²) in [5, 5.41) is 4.27. The van der Waals surface area contributed by atoms with Gasteiger partial charge in [0.25, 0.3) is 0 Å². The highest BCUT2D eigenvalue weighted by Gasteiger charge is 2.01. The molecule has 1 aromatic carbocycles. The lowest BCUT2D eigenvalue weighted by Gasteiger charge is -2.03. The van der Waals surface area contributed by atoms with Crippen LogP contribution in [0.25, 0.3) is 10.2 Å². The molecule has 92 valence electrons. The van der Waals surface area contributed by atoms with E-state index in [9.17, 15) is 0 Å². The highest BCUT2D eigenvalue weighted by atomic mass is 32.1. The Balaban J connectivity index is 1.75. The predicted molar refractivity (Wildman–Crippen MR) is 73.8 cm³/mol. The summed E-state index contributed by atoms with van der Waals surface area (Å²) < 4.78 is 6.71. The molecule has 1 N–H and O–H groups in total. The molecule has 0 bridgehead atoms. The SMILES string of the molecule is CCCCOCCNc1nc2ccccc2s1. The summed E-state index contributed by atoms with van der Waals surface area (Å²) in [6.07, 6.45) is 2.33. The van der Waals surface area contributed by atoms with Crippen LogP contribution in [0.4, 0.5) is 5.13 Å². The van der Waals surface area contributed by atoms with E-state index >= 15 is 0 Å². The molecule has 0 saturated heterocycles. The van der Waals surface area contributed by atoms with Gasteiger partial charge in [-0.05, 0) is 18.6 Å². The molecule has 0 spiro atoms. The van der Waals surface area contributed by atoms with Gasteiger partial charge in [-0.25, -0.2) is 4.98 Å². The zero-order valence-corrected chi connectivity index (χ0v) is 10.9. The minimum absolute atomic E-state index is 0.746. The van der Waals surface area contributed by atoms with Crippen molar-refractivity contribution in [3.8, 4) is 0 Å². The van der Waals surface area contributed by atoms with Gasteiger partial charge in [0.1, 0.15) is 0 Å². The van der Waals surface area contributed by atoms with Gasteiger partial charge in [-0.1, -0.05) is 36.8 Å². The zero-order valence-electron chi connectivity index (χ0n) is 10.1. The van der Waals surface area contributed by atoms with Gasteiger partial charge < -0.3 is 10.1 Å². The largest absolute Gasteiger partial charge is 0.380 e. The number of unbranched alkanes of at least 4 members (excludes halogenated alkanes) is 1. The smallest absolute Gasteiger partial charge is 0.183 e. The second-order valence-electron chi connectivity index (χ2n) is 3.88. The molecule has 0 atom stereocenters. The van der Waals surface area contributed by atoms with Crippen LogP contribution in [0, 0.1) is 0 Å². The first-order chi connectivity index (χ1) is 8.40. The Bertz CT molecular complexity index is 422. The lowest BCUT2D eigenvalue weighted by Crippen LogP contribution is -2.09. The normalized spacial score (nSPS) is 10.9. The van der Waals surface area contributed by atoms with Crippen LogP contribution in [0.1, 0.15) is 19.8 Å². The highest BCUT2D eigenvalue weighted by molar-refractivity contribution is 7.22. The molecule has 2 aromatic rings. The second-order valence-corrected chi connectivity index (χ2v) is 4.91. The first-order valence-electron chi connectivity index (χ1n) is 6.07. The van der Waals surface area contributed by atoms with Gasteiger partial charge in [0.15, 0.2) is 5.13 Å². The monoisotopic (exact) mass is 250 g/mol. The van der Waals surface area contributed by atoms with Crippen molar-refractivity contribution < 1.29 is 4.74 Å². The molecule has 0 fully saturated rings. The van der Waals surface area contributed by atoms with Crippen LogP contribution in [0.15, 0.2) is 24.3 Å². The molecule has 0 aliphatic heterocycles. The van der Waals surface area contributed by atoms with E-state index in [4.69, 9.17) is 4.74 Å². The number of benzene rings is 1. The maximum atomic E-state index is 5.48. The summed E-state index contributed by atoms with van der Waals surface area (Å²) in [5.74, 6) is 0. The van der Waals surface area contributed by atoms with Gasteiger partial charge in [-0.3, -0.25) is 0 Å². The summed E-state index contributed by atoms with van der Waals surface area (Å²) in [6, 6.07) is 8.18. The van der Waals surface area contributed by atoms with Crippen molar-refractivity contribution in [2.75, 3.05) is 25.1 Å². The van der Waals surface area contributed by atoms with Crippen molar-refractivity contribution in [2.24, 2.45) is 0 Å². The van der Waals surface area contributed by atoms with E-state index in [1.807, 2.05) is 18.2 Å². The number of ether oxygens (including phenoxy) is 1. The first-order valence-corrected chi connectivity index (χ1v) is 6.89. The van der Waals surface area contributed by atoms with Crippen molar-refractivity contribution in [2.45, 2.75) is 19.8 Å². The average molecular weight is 250 g/mol. The van der Waals surface area contributed by atoms with Crippen LogP contribution in [-0.2, 0) is 4.74 Å². The summed E-state index contributed by atoms with van der Waals surface area (Å²) in [5.41, 5.74) is 1.06. The Kier molecular flexibility index (Phi) is 4.76. The van der Waals surface area contributed by atoms with E-state index < -0.39 is 0 Å². The third kappa shape index (κ3) is 3.68. The number of rotatable bonds is 7. The maximum absolute atomic E-state index is 5.48. The Labute approximate surface area is 106 Å². The fourth-order valence-corrected chi connectivity index (χ4v) is 2.42. The van der Waals surface area contributed by atoms with Gasteiger partial charge in [0, 0.05) is 13.2 Å². The van der Waals surface area contributed by atoms with Gasteiger partial charge in [0.2, 0.25) is 0 Å². The molecular weight excluding hydrogens is 232 g/mol. The van der Waals surface area contributed by atoms with Crippen LogP contribution in [-0.4, -0.2) is 24.7 Å². The molecule has 4 heteroatoms. The third-order valence-electron chi connectivity index (χ3n) is 2.46. The van der Waals surface area contributed by atoms with Crippen molar-refractivity contribution in [3.05, 3.63) is 24.3 Å². The minimum Gasteiger partial charge on any atom is -0.380 e. The van der Waals surface area contributed by atoms with E-state index in [0.717, 1.165) is 36.8 Å². The minimum atomic E-state index is 0.746. The van der Waals surface area contributed by atoms with Crippen molar-refractivity contribution in [1.29, 1.82) is 0 Å². The van der Waals surface area contributed by atoms with E-state index in [2.05, 4.69) is 23.3 Å². The van der Waals surface area contributed by atoms with Crippen molar-refractivity contribution in [1.82, 2.24) is 4.98 Å². The van der Waals surface area contributed by atoms with Gasteiger partial charge in [-0.15, -0.1) is 0 Å². The molecule has 1 aromatic heterocycles. The fraction of sp³-hybridized carbons (Fsp3) is 0.462. The number of anilines is 1. The van der Waals surface area contributed by atoms with Crippen LogP contribution >= 0.6 is 11.3 Å². The van der Waals surface area contributed by atoms with E-state index in [-0.39, 0.29) is 0 Å². The average Bonchev–Trinajstić information content (AvgIpc) is 2.76. The van der Waals surface area contributed by atoms with Crippen LogP contribution in [0.5, 0.6) is 0 Å². The number of nitrogens with one attached hydrogen (secondary N) is 1. The van der Waals surface area contributed by atoms with Crippen molar-refractivity contribution >= 4 is 26.7 Å². The van der Waals surface area contributed by atoms with Crippen molar-refractivity contribution in [3.63, 3.8) is 0 Å². The highest BCUT2D eigenvalue weighted by Crippen LogP contribution is 2.24. The number of thiazole rings is 1. The van der Waals surface area contributed by atoms with Gasteiger partial charge >= 0.3 is 0 Å². The number of nitrogens with zero attached hydrogens (tertiary/aromatic N) is 1. The molecule has 0 saturated carbocycles. The molecule has 0 aliphatic carbocycles. The summed E-state index contributed by atoms with van der Waals surface area (Å²) >= 11 is 1.69. The lowest BCUT2D eigenvalue weighted by atomic mass is 10.3. The summed E-state index contributed by atoms with van der Waals surface area (Å²) in [7, 11) is 0. The number of para-hydroxylation sites is 1. The van der Waals surface area contributed by atoms with Crippen LogP contribution in [0.3, 0.4) is 0 Å². The Morgan fingerprint density at radius 2 is 2.18 bits per heavy atom. The van der Waals surface area contributed by atoms with E-state index in [1.54, 1.807) is 11.3 Å². The Morgan fingerprint density at radius 3 is 3.00 bits per heavy atom. The lowest BCUT2D eigenvalue weighted by molar-refractivity contribution is 0.141. The van der Waals surface area contributed by atoms with Crippen LogP contribution in [0.2, 0.25) is 0 Å².